The molecule has 0 spiro atoms. The Balaban J connectivity index is 2.45. The fraction of sp³-hybridized carbons (Fsp3) is 0. The molecule has 0 fully saturated rings. The van der Waals surface area contributed by atoms with Gasteiger partial charge in [-0.2, -0.15) is 4.37 Å². The van der Waals surface area contributed by atoms with Gasteiger partial charge in [0.15, 0.2) is 5.01 Å². The van der Waals surface area contributed by atoms with Crippen LogP contribution in [0.15, 0.2) is 18.6 Å². The molecule has 0 aromatic carbocycles. The Labute approximate surface area is 77.5 Å². The summed E-state index contributed by atoms with van der Waals surface area (Å²) in [6.07, 6.45) is 4.83. The van der Waals surface area contributed by atoms with Crippen molar-refractivity contribution >= 4 is 23.1 Å². The van der Waals surface area contributed by atoms with Crippen molar-refractivity contribution in [1.29, 1.82) is 0 Å². The molecule has 0 aliphatic heterocycles. The van der Waals surface area contributed by atoms with E-state index in [1.54, 1.807) is 18.6 Å². The van der Waals surface area contributed by atoms with Gasteiger partial charge in [0, 0.05) is 12.4 Å². The zero-order chi connectivity index (χ0) is 8.39. The number of halogens is 1. The predicted molar refractivity (Wildman–Crippen MR) is 45.9 cm³/mol. The van der Waals surface area contributed by atoms with Crippen LogP contribution in [0.1, 0.15) is 0 Å². The highest BCUT2D eigenvalue weighted by molar-refractivity contribution is 7.09. The van der Waals surface area contributed by atoms with E-state index in [9.17, 15) is 0 Å². The molecule has 6 heteroatoms. The second-order valence-electron chi connectivity index (χ2n) is 1.96. The molecule has 0 unspecified atom stereocenters. The topological polar surface area (TPSA) is 51.6 Å². The van der Waals surface area contributed by atoms with Crippen LogP contribution in [0.2, 0.25) is 5.28 Å². The van der Waals surface area contributed by atoms with Crippen LogP contribution in [-0.2, 0) is 0 Å². The van der Waals surface area contributed by atoms with Crippen molar-refractivity contribution in [2.45, 2.75) is 0 Å². The molecule has 2 heterocycles. The SMILES string of the molecule is Clc1nsc(-c2cnccn2)n1. The van der Waals surface area contributed by atoms with E-state index in [0.717, 1.165) is 0 Å². The largest absolute Gasteiger partial charge is 0.261 e. The monoisotopic (exact) mass is 198 g/mol. The molecule has 0 bridgehead atoms. The van der Waals surface area contributed by atoms with Gasteiger partial charge in [-0.15, -0.1) is 0 Å². The van der Waals surface area contributed by atoms with Crippen LogP contribution in [0.4, 0.5) is 0 Å². The lowest BCUT2D eigenvalue weighted by atomic mass is 10.5. The lowest BCUT2D eigenvalue weighted by molar-refractivity contribution is 1.19. The maximum Gasteiger partial charge on any atom is 0.234 e. The first-order chi connectivity index (χ1) is 5.86. The van der Waals surface area contributed by atoms with E-state index >= 15 is 0 Å². The van der Waals surface area contributed by atoms with Crippen LogP contribution in [0, 0.1) is 0 Å². The highest BCUT2D eigenvalue weighted by atomic mass is 35.5. The van der Waals surface area contributed by atoms with Crippen molar-refractivity contribution in [2.24, 2.45) is 0 Å². The number of hydrogen-bond acceptors (Lipinski definition) is 5. The fourth-order valence-corrected chi connectivity index (χ4v) is 1.49. The molecule has 0 atom stereocenters. The summed E-state index contributed by atoms with van der Waals surface area (Å²) in [6, 6.07) is 0. The summed E-state index contributed by atoms with van der Waals surface area (Å²) in [6.45, 7) is 0. The minimum absolute atomic E-state index is 0.251. The number of hydrogen-bond donors (Lipinski definition) is 0. The first-order valence-corrected chi connectivity index (χ1v) is 4.27. The van der Waals surface area contributed by atoms with Gasteiger partial charge in [-0.25, -0.2) is 4.98 Å². The molecule has 2 aromatic rings. The molecule has 60 valence electrons. The maximum absolute atomic E-state index is 5.55. The van der Waals surface area contributed by atoms with Crippen LogP contribution in [-0.4, -0.2) is 19.3 Å². The van der Waals surface area contributed by atoms with Crippen molar-refractivity contribution in [3.8, 4) is 10.7 Å². The Kier molecular flexibility index (Phi) is 1.97. The van der Waals surface area contributed by atoms with Gasteiger partial charge in [0.1, 0.15) is 5.69 Å². The molecule has 12 heavy (non-hydrogen) atoms. The van der Waals surface area contributed by atoms with Gasteiger partial charge < -0.3 is 0 Å². The number of rotatable bonds is 1. The molecule has 4 nitrogen and oxygen atoms in total. The highest BCUT2D eigenvalue weighted by Gasteiger charge is 2.04. The molecular formula is C6H3ClN4S. The van der Waals surface area contributed by atoms with Gasteiger partial charge >= 0.3 is 0 Å². The third-order valence-electron chi connectivity index (χ3n) is 1.18. The molecule has 2 aromatic heterocycles. The Morgan fingerprint density at radius 3 is 2.83 bits per heavy atom. The molecule has 2 rings (SSSR count). The van der Waals surface area contributed by atoms with Crippen LogP contribution in [0.25, 0.3) is 10.7 Å². The summed E-state index contributed by atoms with van der Waals surface area (Å²) < 4.78 is 3.82. The van der Waals surface area contributed by atoms with Crippen molar-refractivity contribution in [3.05, 3.63) is 23.9 Å². The van der Waals surface area contributed by atoms with E-state index in [1.165, 1.54) is 11.5 Å². The normalized spacial score (nSPS) is 10.1. The van der Waals surface area contributed by atoms with Crippen LogP contribution in [0.5, 0.6) is 0 Å². The first-order valence-electron chi connectivity index (χ1n) is 3.12. The minimum Gasteiger partial charge on any atom is -0.261 e. The lowest BCUT2D eigenvalue weighted by Gasteiger charge is -1.89. The van der Waals surface area contributed by atoms with Crippen LogP contribution >= 0.6 is 23.1 Å². The molecule has 0 saturated heterocycles. The molecule has 0 saturated carbocycles. The summed E-state index contributed by atoms with van der Waals surface area (Å²) in [4.78, 5) is 11.9. The maximum atomic E-state index is 5.55. The van der Waals surface area contributed by atoms with Gasteiger partial charge in [-0.1, -0.05) is 0 Å². The minimum atomic E-state index is 0.251. The highest BCUT2D eigenvalue weighted by Crippen LogP contribution is 2.19. The van der Waals surface area contributed by atoms with E-state index in [-0.39, 0.29) is 5.28 Å². The smallest absolute Gasteiger partial charge is 0.234 e. The average Bonchev–Trinajstić information content (AvgIpc) is 2.54. The average molecular weight is 199 g/mol. The van der Waals surface area contributed by atoms with Gasteiger partial charge in [0.25, 0.3) is 0 Å². The summed E-state index contributed by atoms with van der Waals surface area (Å²) in [7, 11) is 0. The van der Waals surface area contributed by atoms with E-state index in [4.69, 9.17) is 11.6 Å². The molecule has 0 radical (unpaired) electrons. The van der Waals surface area contributed by atoms with Crippen molar-refractivity contribution < 1.29 is 0 Å². The Morgan fingerprint density at radius 2 is 2.25 bits per heavy atom. The Bertz CT molecular complexity index is 374. The zero-order valence-electron chi connectivity index (χ0n) is 5.81. The molecule has 0 aliphatic carbocycles. The second-order valence-corrected chi connectivity index (χ2v) is 3.05. The summed E-state index contributed by atoms with van der Waals surface area (Å²) in [5, 5.41) is 0.939. The first kappa shape index (κ1) is 7.57. The van der Waals surface area contributed by atoms with E-state index in [0.29, 0.717) is 10.7 Å². The second kappa shape index (κ2) is 3.12. The number of aromatic nitrogens is 4. The van der Waals surface area contributed by atoms with Crippen molar-refractivity contribution in [2.75, 3.05) is 0 Å². The zero-order valence-corrected chi connectivity index (χ0v) is 7.38. The van der Waals surface area contributed by atoms with E-state index in [2.05, 4.69) is 19.3 Å². The molecule has 0 aliphatic rings. The predicted octanol–water partition coefficient (Wildman–Crippen LogP) is 1.65. The lowest BCUT2D eigenvalue weighted by Crippen LogP contribution is -1.81. The summed E-state index contributed by atoms with van der Waals surface area (Å²) in [5.41, 5.74) is 0.696. The van der Waals surface area contributed by atoms with Crippen LogP contribution in [0.3, 0.4) is 0 Å². The van der Waals surface area contributed by atoms with Gasteiger partial charge in [0.2, 0.25) is 5.28 Å². The summed E-state index contributed by atoms with van der Waals surface area (Å²) >= 11 is 6.76. The van der Waals surface area contributed by atoms with Crippen molar-refractivity contribution in [3.63, 3.8) is 0 Å². The van der Waals surface area contributed by atoms with Gasteiger partial charge in [0.05, 0.1) is 6.20 Å². The third-order valence-corrected chi connectivity index (χ3v) is 2.19. The van der Waals surface area contributed by atoms with Gasteiger partial charge in [-0.3, -0.25) is 9.97 Å². The molecule has 0 N–H and O–H groups in total. The standard InChI is InChI=1S/C6H3ClN4S/c7-6-10-5(12-11-6)4-3-8-1-2-9-4/h1-3H. The van der Waals surface area contributed by atoms with Crippen LogP contribution < -0.4 is 0 Å². The molecule has 0 amide bonds. The molecular weight excluding hydrogens is 196 g/mol. The Morgan fingerprint density at radius 1 is 1.33 bits per heavy atom. The fourth-order valence-electron chi connectivity index (χ4n) is 0.719. The number of nitrogens with zero attached hydrogens (tertiary/aromatic N) is 4. The van der Waals surface area contributed by atoms with Crippen molar-refractivity contribution in [1.82, 2.24) is 19.3 Å². The Hall–Kier alpha value is -1.07. The third kappa shape index (κ3) is 1.41. The van der Waals surface area contributed by atoms with E-state index < -0.39 is 0 Å². The van der Waals surface area contributed by atoms with E-state index in [1.807, 2.05) is 0 Å². The van der Waals surface area contributed by atoms with Gasteiger partial charge in [-0.05, 0) is 23.1 Å². The summed E-state index contributed by atoms with van der Waals surface area (Å²) in [5.74, 6) is 0. The quantitative estimate of drug-likeness (QED) is 0.699.